The van der Waals surface area contributed by atoms with Crippen molar-refractivity contribution in [2.24, 2.45) is 0 Å². The zero-order valence-corrected chi connectivity index (χ0v) is 15.3. The van der Waals surface area contributed by atoms with Gasteiger partial charge in [-0.15, -0.1) is 0 Å². The van der Waals surface area contributed by atoms with Crippen LogP contribution < -0.4 is 9.80 Å². The smallest absolute Gasteiger partial charge is 0.273 e. The first-order chi connectivity index (χ1) is 13.6. The quantitative estimate of drug-likeness (QED) is 0.647. The zero-order chi connectivity index (χ0) is 19.7. The van der Waals surface area contributed by atoms with Gasteiger partial charge in [0.15, 0.2) is 0 Å². The summed E-state index contributed by atoms with van der Waals surface area (Å²) in [5, 5.41) is 0. The highest BCUT2D eigenvalue weighted by molar-refractivity contribution is 6.38. The van der Waals surface area contributed by atoms with Crippen LogP contribution in [0.25, 0.3) is 0 Å². The van der Waals surface area contributed by atoms with Gasteiger partial charge in [-0.05, 0) is 36.8 Å². The monoisotopic (exact) mass is 370 g/mol. The molecule has 0 bridgehead atoms. The van der Waals surface area contributed by atoms with E-state index in [9.17, 15) is 14.4 Å². The number of carbonyl (C=O) groups is 3. The number of hydrogen-bond acceptors (Lipinski definition) is 3. The molecule has 3 aromatic rings. The molecule has 138 valence electrons. The van der Waals surface area contributed by atoms with Crippen molar-refractivity contribution in [3.05, 3.63) is 96.1 Å². The highest BCUT2D eigenvalue weighted by Crippen LogP contribution is 2.33. The second kappa shape index (κ2) is 7.12. The van der Waals surface area contributed by atoms with Crippen LogP contribution in [0, 0.1) is 6.92 Å². The third-order valence-electron chi connectivity index (χ3n) is 4.76. The number of urea groups is 1. The first-order valence-corrected chi connectivity index (χ1v) is 8.96. The number of anilines is 2. The van der Waals surface area contributed by atoms with Gasteiger partial charge in [-0.2, -0.15) is 0 Å². The summed E-state index contributed by atoms with van der Waals surface area (Å²) in [5.41, 5.74) is 2.44. The molecule has 1 heterocycles. The van der Waals surface area contributed by atoms with Crippen LogP contribution in [0.4, 0.5) is 16.2 Å². The van der Waals surface area contributed by atoms with Gasteiger partial charge in [0.25, 0.3) is 11.8 Å². The minimum atomic E-state index is -1.08. The predicted octanol–water partition coefficient (Wildman–Crippen LogP) is 4.28. The first-order valence-electron chi connectivity index (χ1n) is 8.96. The number of nitrogens with zero attached hydrogens (tertiary/aromatic N) is 2. The summed E-state index contributed by atoms with van der Waals surface area (Å²) >= 11 is 0. The van der Waals surface area contributed by atoms with Crippen molar-refractivity contribution < 1.29 is 14.4 Å². The number of rotatable bonds is 3. The van der Waals surface area contributed by atoms with Gasteiger partial charge in [0, 0.05) is 0 Å². The van der Waals surface area contributed by atoms with Crippen LogP contribution >= 0.6 is 0 Å². The molecule has 0 spiro atoms. The Morgan fingerprint density at radius 2 is 1.07 bits per heavy atom. The zero-order valence-electron chi connectivity index (χ0n) is 15.3. The molecule has 0 radical (unpaired) electrons. The van der Waals surface area contributed by atoms with Gasteiger partial charge in [0.2, 0.25) is 0 Å². The molecule has 0 N–H and O–H groups in total. The fourth-order valence-electron chi connectivity index (χ4n) is 3.33. The number of amides is 4. The fourth-order valence-corrected chi connectivity index (χ4v) is 3.33. The van der Waals surface area contributed by atoms with Crippen molar-refractivity contribution >= 4 is 29.2 Å². The molecular formula is C23H18N2O3. The van der Waals surface area contributed by atoms with Crippen LogP contribution in [0.1, 0.15) is 17.0 Å². The van der Waals surface area contributed by atoms with Gasteiger partial charge in [-0.1, -0.05) is 66.2 Å². The maximum Gasteiger partial charge on any atom is 0.342 e. The van der Waals surface area contributed by atoms with Crippen molar-refractivity contribution in [3.8, 4) is 0 Å². The van der Waals surface area contributed by atoms with Crippen molar-refractivity contribution in [2.45, 2.75) is 12.8 Å². The van der Waals surface area contributed by atoms with Crippen LogP contribution in [-0.2, 0) is 9.59 Å². The molecule has 0 aliphatic carbocycles. The summed E-state index contributed by atoms with van der Waals surface area (Å²) in [6, 6.07) is 23.9. The van der Waals surface area contributed by atoms with E-state index in [1.807, 2.05) is 25.1 Å². The predicted molar refractivity (Wildman–Crippen MR) is 107 cm³/mol. The van der Waals surface area contributed by atoms with E-state index >= 15 is 0 Å². The van der Waals surface area contributed by atoms with Gasteiger partial charge < -0.3 is 0 Å². The average molecular weight is 370 g/mol. The van der Waals surface area contributed by atoms with Crippen molar-refractivity contribution in [1.29, 1.82) is 0 Å². The summed E-state index contributed by atoms with van der Waals surface area (Å²) in [6.07, 6.45) is 0. The highest BCUT2D eigenvalue weighted by atomic mass is 16.2. The molecule has 1 saturated heterocycles. The minimum absolute atomic E-state index is 0.433. The maximum atomic E-state index is 13.3. The van der Waals surface area contributed by atoms with Crippen LogP contribution in [0.3, 0.4) is 0 Å². The van der Waals surface area contributed by atoms with E-state index in [0.29, 0.717) is 16.9 Å². The fraction of sp³-hybridized carbons (Fsp3) is 0.0870. The third-order valence-corrected chi connectivity index (χ3v) is 4.76. The van der Waals surface area contributed by atoms with Crippen LogP contribution in [-0.4, -0.2) is 17.8 Å². The van der Waals surface area contributed by atoms with Crippen LogP contribution in [0.5, 0.6) is 0 Å². The summed E-state index contributed by atoms with van der Waals surface area (Å²) < 4.78 is 0. The number of para-hydroxylation sites is 1. The van der Waals surface area contributed by atoms with Gasteiger partial charge in [-0.25, -0.2) is 14.6 Å². The number of aryl methyl sites for hydroxylation is 1. The SMILES string of the molecule is Cc1ccc(N2C(=O)C(c3ccccc3)C(=O)N(c3ccccc3)C2=O)cc1. The van der Waals surface area contributed by atoms with Crippen molar-refractivity contribution in [2.75, 3.05) is 9.80 Å². The topological polar surface area (TPSA) is 57.7 Å². The van der Waals surface area contributed by atoms with Gasteiger partial charge in [-0.3, -0.25) is 9.59 Å². The standard InChI is InChI=1S/C23H18N2O3/c1-16-12-14-19(15-13-16)25-22(27)20(17-8-4-2-5-9-17)21(26)24(23(25)28)18-10-6-3-7-11-18/h2-15,20H,1H3. The van der Waals surface area contributed by atoms with E-state index in [2.05, 4.69) is 0 Å². The lowest BCUT2D eigenvalue weighted by Gasteiger charge is -2.37. The molecule has 1 aliphatic rings. The van der Waals surface area contributed by atoms with Crippen LogP contribution in [0.2, 0.25) is 0 Å². The molecule has 5 heteroatoms. The molecule has 4 rings (SSSR count). The Kier molecular flexibility index (Phi) is 4.49. The Labute approximate surface area is 162 Å². The van der Waals surface area contributed by atoms with Crippen molar-refractivity contribution in [3.63, 3.8) is 0 Å². The number of hydrogen-bond donors (Lipinski definition) is 0. The van der Waals surface area contributed by atoms with Gasteiger partial charge in [0.05, 0.1) is 11.4 Å². The second-order valence-electron chi connectivity index (χ2n) is 6.64. The van der Waals surface area contributed by atoms with E-state index in [1.165, 1.54) is 0 Å². The highest BCUT2D eigenvalue weighted by Gasteiger charge is 2.47. The lowest BCUT2D eigenvalue weighted by atomic mass is 9.93. The second-order valence-corrected chi connectivity index (χ2v) is 6.64. The molecule has 1 atom stereocenters. The van der Waals surface area contributed by atoms with Crippen LogP contribution in [0.15, 0.2) is 84.9 Å². The Morgan fingerprint density at radius 3 is 1.61 bits per heavy atom. The summed E-state index contributed by atoms with van der Waals surface area (Å²) in [6.45, 7) is 1.93. The first kappa shape index (κ1) is 17.7. The number of benzene rings is 3. The molecule has 1 aliphatic heterocycles. The average Bonchev–Trinajstić information content (AvgIpc) is 2.71. The Bertz CT molecular complexity index is 969. The molecule has 5 nitrogen and oxygen atoms in total. The van der Waals surface area contributed by atoms with E-state index in [1.54, 1.807) is 66.7 Å². The molecule has 0 saturated carbocycles. The van der Waals surface area contributed by atoms with Gasteiger partial charge in [0.1, 0.15) is 5.92 Å². The molecular weight excluding hydrogens is 352 g/mol. The maximum absolute atomic E-state index is 13.3. The lowest BCUT2D eigenvalue weighted by Crippen LogP contribution is -2.59. The Hall–Kier alpha value is -3.73. The summed E-state index contributed by atoms with van der Waals surface area (Å²) in [4.78, 5) is 41.9. The molecule has 3 aromatic carbocycles. The third kappa shape index (κ3) is 2.97. The number of imide groups is 2. The molecule has 1 unspecified atom stereocenters. The Morgan fingerprint density at radius 1 is 0.607 bits per heavy atom. The Balaban J connectivity index is 1.86. The largest absolute Gasteiger partial charge is 0.342 e. The number of carbonyl (C=O) groups excluding carboxylic acids is 3. The minimum Gasteiger partial charge on any atom is -0.273 e. The van der Waals surface area contributed by atoms with E-state index < -0.39 is 23.8 Å². The summed E-state index contributed by atoms with van der Waals surface area (Å²) in [5.74, 6) is -2.17. The molecule has 4 amide bonds. The summed E-state index contributed by atoms with van der Waals surface area (Å²) in [7, 11) is 0. The molecule has 1 fully saturated rings. The molecule has 28 heavy (non-hydrogen) atoms. The number of barbiturate groups is 1. The molecule has 0 aromatic heterocycles. The van der Waals surface area contributed by atoms with Crippen molar-refractivity contribution in [1.82, 2.24) is 0 Å². The van der Waals surface area contributed by atoms with E-state index in [4.69, 9.17) is 0 Å². The lowest BCUT2D eigenvalue weighted by molar-refractivity contribution is -0.129. The van der Waals surface area contributed by atoms with E-state index in [0.717, 1.165) is 15.4 Å². The van der Waals surface area contributed by atoms with E-state index in [-0.39, 0.29) is 0 Å². The van der Waals surface area contributed by atoms with Gasteiger partial charge >= 0.3 is 6.03 Å². The normalized spacial score (nSPS) is 17.2.